The van der Waals surface area contributed by atoms with Crippen molar-refractivity contribution in [3.63, 3.8) is 0 Å². The highest BCUT2D eigenvalue weighted by atomic mass is 15.2. The van der Waals surface area contributed by atoms with Gasteiger partial charge < -0.3 is 15.5 Å². The van der Waals surface area contributed by atoms with Crippen LogP contribution in [-0.2, 0) is 0 Å². The Morgan fingerprint density at radius 3 is 2.65 bits per heavy atom. The fourth-order valence-corrected chi connectivity index (χ4v) is 7.93. The molecule has 1 aliphatic carbocycles. The van der Waals surface area contributed by atoms with Gasteiger partial charge in [-0.15, -0.1) is 0 Å². The van der Waals surface area contributed by atoms with Crippen LogP contribution in [0.1, 0.15) is 64.2 Å². The largest absolute Gasteiger partial charge is 0.343 e. The van der Waals surface area contributed by atoms with Gasteiger partial charge in [0.05, 0.1) is 32.2 Å². The minimum atomic E-state index is 0.678. The number of rotatable bonds is 1. The maximum atomic E-state index is 2.83. The number of fused-ring (bicyclic) bond motifs is 6. The third-order valence-corrected chi connectivity index (χ3v) is 8.69. The number of hydrogen-bond donors (Lipinski definition) is 3. The van der Waals surface area contributed by atoms with Crippen LogP contribution < -0.4 is 15.5 Å². The zero-order valence-corrected chi connectivity index (χ0v) is 14.9. The zero-order chi connectivity index (χ0) is 15.3. The summed E-state index contributed by atoms with van der Waals surface area (Å²) >= 11 is 0. The van der Waals surface area contributed by atoms with Crippen LogP contribution >= 0.6 is 0 Å². The number of nitrogens with two attached hydrogens (primary N) is 2. The highest BCUT2D eigenvalue weighted by Crippen LogP contribution is 2.49. The third kappa shape index (κ3) is 2.41. The summed E-state index contributed by atoms with van der Waals surface area (Å²) < 4.78 is 0. The highest BCUT2D eigenvalue weighted by molar-refractivity contribution is 5.04. The molecule has 0 spiro atoms. The van der Waals surface area contributed by atoms with Crippen LogP contribution in [0.15, 0.2) is 0 Å². The summed E-state index contributed by atoms with van der Waals surface area (Å²) in [6, 6.07) is 2.97. The summed E-state index contributed by atoms with van der Waals surface area (Å²) in [6.45, 7) is 5.85. The van der Waals surface area contributed by atoms with E-state index in [1.807, 2.05) is 4.90 Å². The first-order valence-corrected chi connectivity index (χ1v) is 10.9. The Balaban J connectivity index is 1.50. The van der Waals surface area contributed by atoms with E-state index in [9.17, 15) is 0 Å². The van der Waals surface area contributed by atoms with Crippen LogP contribution in [0, 0.1) is 17.3 Å². The lowest BCUT2D eigenvalue weighted by molar-refractivity contribution is -0.958. The highest BCUT2D eigenvalue weighted by Gasteiger charge is 2.64. The van der Waals surface area contributed by atoms with Gasteiger partial charge in [-0.2, -0.15) is 0 Å². The molecule has 0 amide bonds. The first-order chi connectivity index (χ1) is 11.4. The Hall–Kier alpha value is -0.120. The molecule has 5 N–H and O–H groups in total. The van der Waals surface area contributed by atoms with E-state index in [0.29, 0.717) is 5.41 Å². The summed E-state index contributed by atoms with van der Waals surface area (Å²) in [7, 11) is 0. The molecule has 4 saturated heterocycles. The van der Waals surface area contributed by atoms with Crippen LogP contribution in [-0.4, -0.2) is 44.3 Å². The van der Waals surface area contributed by atoms with Crippen LogP contribution in [0.25, 0.3) is 0 Å². The molecule has 1 saturated carbocycles. The van der Waals surface area contributed by atoms with Gasteiger partial charge in [0.1, 0.15) is 17.5 Å². The molecule has 2 bridgehead atoms. The maximum absolute atomic E-state index is 2.83. The fourth-order valence-electron chi connectivity index (χ4n) is 7.93. The molecule has 0 radical (unpaired) electrons. The molecule has 0 aromatic carbocycles. The van der Waals surface area contributed by atoms with Gasteiger partial charge in [-0.25, -0.2) is 0 Å². The molecule has 4 heterocycles. The standard InChI is InChI=1S/C20H35N3/c1-3-9-21-18(8-1)20-13-16(12-15-6-5-10-22-19(15)20)17-7-2-4-11-23(17)14-20/h15-19,21-22H,1-14H2/p+3/t15-,16-,17+,18+,19-,20+/m1/s1. The average molecular weight is 321 g/mol. The molecule has 0 aromatic rings. The van der Waals surface area contributed by atoms with E-state index in [0.717, 1.165) is 30.0 Å². The van der Waals surface area contributed by atoms with Crippen molar-refractivity contribution >= 4 is 0 Å². The second kappa shape index (κ2) is 6.00. The van der Waals surface area contributed by atoms with Crippen LogP contribution in [0.2, 0.25) is 0 Å². The van der Waals surface area contributed by atoms with E-state index in [4.69, 9.17) is 0 Å². The molecule has 4 aliphatic heterocycles. The summed E-state index contributed by atoms with van der Waals surface area (Å²) in [6.07, 6.45) is 15.3. The number of piperidine rings is 4. The van der Waals surface area contributed by atoms with Gasteiger partial charge in [-0.1, -0.05) is 0 Å². The van der Waals surface area contributed by atoms with Crippen molar-refractivity contribution < 1.29 is 15.5 Å². The molecule has 7 atom stereocenters. The summed E-state index contributed by atoms with van der Waals surface area (Å²) in [5.41, 5.74) is 0.678. The fraction of sp³-hybridized carbons (Fsp3) is 1.00. The smallest absolute Gasteiger partial charge is 0.123 e. The molecule has 5 rings (SSSR count). The monoisotopic (exact) mass is 320 g/mol. The quantitative estimate of drug-likeness (QED) is 0.571. The normalized spacial score (nSPS) is 53.2. The second-order valence-corrected chi connectivity index (χ2v) is 9.70. The number of nitrogens with one attached hydrogen (secondary N) is 1. The Morgan fingerprint density at radius 1 is 0.826 bits per heavy atom. The lowest BCUT2D eigenvalue weighted by Crippen LogP contribution is -3.22. The first-order valence-electron chi connectivity index (χ1n) is 10.9. The van der Waals surface area contributed by atoms with Crippen molar-refractivity contribution in [2.24, 2.45) is 17.3 Å². The topological polar surface area (TPSA) is 37.7 Å². The van der Waals surface area contributed by atoms with Crippen LogP contribution in [0.4, 0.5) is 0 Å². The van der Waals surface area contributed by atoms with E-state index in [1.165, 1.54) is 64.7 Å². The Bertz CT molecular complexity index is 431. The molecule has 3 heteroatoms. The van der Waals surface area contributed by atoms with Crippen molar-refractivity contribution in [3.05, 3.63) is 0 Å². The number of quaternary nitrogens is 3. The first kappa shape index (κ1) is 15.2. The van der Waals surface area contributed by atoms with Crippen molar-refractivity contribution in [1.29, 1.82) is 0 Å². The average Bonchev–Trinajstić information content (AvgIpc) is 2.63. The molecule has 130 valence electrons. The van der Waals surface area contributed by atoms with E-state index >= 15 is 0 Å². The van der Waals surface area contributed by atoms with Crippen molar-refractivity contribution in [3.8, 4) is 0 Å². The molecule has 3 nitrogen and oxygen atoms in total. The molecule has 0 aromatic heterocycles. The Kier molecular flexibility index (Phi) is 3.95. The second-order valence-electron chi connectivity index (χ2n) is 9.70. The third-order valence-electron chi connectivity index (χ3n) is 8.69. The lowest BCUT2D eigenvalue weighted by atomic mass is 9.52. The summed E-state index contributed by atoms with van der Waals surface area (Å²) in [5.74, 6) is 2.13. The number of hydrogen-bond acceptors (Lipinski definition) is 0. The Morgan fingerprint density at radius 2 is 1.74 bits per heavy atom. The van der Waals surface area contributed by atoms with Crippen molar-refractivity contribution in [1.82, 2.24) is 0 Å². The predicted molar refractivity (Wildman–Crippen MR) is 91.2 cm³/mol. The lowest BCUT2D eigenvalue weighted by Gasteiger charge is -2.59. The molecular formula is C20H38N3+3. The van der Waals surface area contributed by atoms with Crippen molar-refractivity contribution in [2.75, 3.05) is 26.2 Å². The molecular weight excluding hydrogens is 282 g/mol. The van der Waals surface area contributed by atoms with Gasteiger partial charge in [0.15, 0.2) is 0 Å². The van der Waals surface area contributed by atoms with Crippen LogP contribution in [0.3, 0.4) is 0 Å². The maximum Gasteiger partial charge on any atom is 0.123 e. The van der Waals surface area contributed by atoms with E-state index < -0.39 is 0 Å². The summed E-state index contributed by atoms with van der Waals surface area (Å²) in [5, 5.41) is 5.63. The van der Waals surface area contributed by atoms with Gasteiger partial charge in [-0.05, 0) is 57.8 Å². The van der Waals surface area contributed by atoms with Gasteiger partial charge in [0.2, 0.25) is 0 Å². The SMILES string of the molecule is C1CC[C@@H]([C@@]23C[C@@H](C[C@H]4CCC[NH2+][C@H]42)[C@@H]2CCCC[NH+]2C3)[NH2+]C1. The molecule has 23 heavy (non-hydrogen) atoms. The molecule has 5 aliphatic rings. The van der Waals surface area contributed by atoms with E-state index in [2.05, 4.69) is 10.6 Å². The van der Waals surface area contributed by atoms with Crippen molar-refractivity contribution in [2.45, 2.75) is 82.3 Å². The Labute approximate surface area is 142 Å². The van der Waals surface area contributed by atoms with Gasteiger partial charge >= 0.3 is 0 Å². The van der Waals surface area contributed by atoms with Crippen LogP contribution in [0.5, 0.6) is 0 Å². The van der Waals surface area contributed by atoms with E-state index in [-0.39, 0.29) is 0 Å². The zero-order valence-electron chi connectivity index (χ0n) is 14.9. The van der Waals surface area contributed by atoms with E-state index in [1.54, 1.807) is 25.7 Å². The predicted octanol–water partition coefficient (Wildman–Crippen LogP) is -0.708. The van der Waals surface area contributed by atoms with Gasteiger partial charge in [0, 0.05) is 18.3 Å². The summed E-state index contributed by atoms with van der Waals surface area (Å²) in [4.78, 5) is 2.05. The van der Waals surface area contributed by atoms with Gasteiger partial charge in [-0.3, -0.25) is 0 Å². The molecule has 5 fully saturated rings. The minimum absolute atomic E-state index is 0.678. The van der Waals surface area contributed by atoms with Gasteiger partial charge in [0.25, 0.3) is 0 Å². The minimum Gasteiger partial charge on any atom is -0.343 e. The molecule has 1 unspecified atom stereocenters.